The van der Waals surface area contributed by atoms with Crippen molar-refractivity contribution in [3.8, 4) is 0 Å². The van der Waals surface area contributed by atoms with E-state index in [1.165, 1.54) is 4.88 Å². The third-order valence-corrected chi connectivity index (χ3v) is 4.21. The number of rotatable bonds is 6. The summed E-state index contributed by atoms with van der Waals surface area (Å²) in [7, 11) is 0. The van der Waals surface area contributed by atoms with Gasteiger partial charge in [0, 0.05) is 29.4 Å². The van der Waals surface area contributed by atoms with Gasteiger partial charge in [0.05, 0.1) is 6.54 Å². The summed E-state index contributed by atoms with van der Waals surface area (Å²) in [5.74, 6) is 0.867. The van der Waals surface area contributed by atoms with Gasteiger partial charge in [0.15, 0.2) is 5.96 Å². The predicted octanol–water partition coefficient (Wildman–Crippen LogP) is 2.88. The Labute approximate surface area is 141 Å². The first-order chi connectivity index (χ1) is 8.65. The lowest BCUT2D eigenvalue weighted by molar-refractivity contribution is 0.795. The summed E-state index contributed by atoms with van der Waals surface area (Å²) in [5, 5.41) is 8.23. The molecule has 1 aromatic heterocycles. The molecule has 0 aliphatic rings. The molecule has 2 N–H and O–H groups in total. The molecule has 0 fully saturated rings. The third-order valence-electron chi connectivity index (χ3n) is 2.35. The first kappa shape index (κ1) is 19.0. The summed E-state index contributed by atoms with van der Waals surface area (Å²) in [5.41, 5.74) is 0. The number of halogens is 1. The number of guanidine groups is 1. The Balaban J connectivity index is 0.00000324. The highest BCUT2D eigenvalue weighted by Crippen LogP contribution is 2.11. The smallest absolute Gasteiger partial charge is 0.191 e. The van der Waals surface area contributed by atoms with E-state index >= 15 is 0 Å². The van der Waals surface area contributed by atoms with Crippen molar-refractivity contribution in [3.05, 3.63) is 16.1 Å². The number of hydrogen-bond acceptors (Lipinski definition) is 4. The van der Waals surface area contributed by atoms with Gasteiger partial charge in [-0.1, -0.05) is 6.92 Å². The average Bonchev–Trinajstić information content (AvgIpc) is 2.78. The summed E-state index contributed by atoms with van der Waals surface area (Å²) in [4.78, 5) is 10.1. The number of aryl methyl sites for hydroxylation is 1. The lowest BCUT2D eigenvalue weighted by Crippen LogP contribution is -2.40. The van der Waals surface area contributed by atoms with Gasteiger partial charge in [-0.3, -0.25) is 0 Å². The second-order valence-corrected chi connectivity index (χ2v) is 6.58. The van der Waals surface area contributed by atoms with Crippen molar-refractivity contribution in [1.82, 2.24) is 15.6 Å². The van der Waals surface area contributed by atoms with Crippen LogP contribution in [0, 0.1) is 6.92 Å². The highest BCUT2D eigenvalue weighted by molar-refractivity contribution is 14.0. The zero-order valence-corrected chi connectivity index (χ0v) is 15.9. The van der Waals surface area contributed by atoms with Gasteiger partial charge in [-0.15, -0.1) is 35.3 Å². The minimum absolute atomic E-state index is 0. The highest BCUT2D eigenvalue weighted by Gasteiger charge is 2.03. The molecule has 0 saturated heterocycles. The largest absolute Gasteiger partial charge is 0.357 e. The van der Waals surface area contributed by atoms with Crippen molar-refractivity contribution in [2.24, 2.45) is 4.99 Å². The molecule has 0 aromatic carbocycles. The number of thioether (sulfide) groups is 1. The Morgan fingerprint density at radius 2 is 2.26 bits per heavy atom. The molecule has 4 nitrogen and oxygen atoms in total. The lowest BCUT2D eigenvalue weighted by atomic mass is 10.5. The van der Waals surface area contributed by atoms with Gasteiger partial charge < -0.3 is 10.6 Å². The maximum absolute atomic E-state index is 4.54. The van der Waals surface area contributed by atoms with Crippen LogP contribution in [0.15, 0.2) is 11.2 Å². The first-order valence-electron chi connectivity index (χ1n) is 6.12. The van der Waals surface area contributed by atoms with Crippen LogP contribution in [0.25, 0.3) is 0 Å². The van der Waals surface area contributed by atoms with Gasteiger partial charge >= 0.3 is 0 Å². The standard InChI is InChI=1S/C12H22N4S2.HI/c1-5-13-12(15-6-9(2)17-4)16-8-11-14-7-10(3)18-11;/h7,9H,5-6,8H2,1-4H3,(H2,13,15,16);1H. The Hall–Kier alpha value is -0.0200. The van der Waals surface area contributed by atoms with Crippen molar-refractivity contribution in [2.75, 3.05) is 19.3 Å². The fraction of sp³-hybridized carbons (Fsp3) is 0.667. The minimum atomic E-state index is 0. The molecule has 0 saturated carbocycles. The molecule has 0 bridgehead atoms. The average molecular weight is 414 g/mol. The minimum Gasteiger partial charge on any atom is -0.357 e. The van der Waals surface area contributed by atoms with Crippen molar-refractivity contribution in [1.29, 1.82) is 0 Å². The SMILES string of the molecule is CCNC(=NCc1ncc(C)s1)NCC(C)SC.I. The van der Waals surface area contributed by atoms with Gasteiger partial charge in [0.2, 0.25) is 0 Å². The maximum atomic E-state index is 4.54. The Bertz CT molecular complexity index is 382. The molecule has 1 aromatic rings. The number of aliphatic imine (C=N–C) groups is 1. The van der Waals surface area contributed by atoms with Crippen LogP contribution in [-0.4, -0.2) is 35.5 Å². The van der Waals surface area contributed by atoms with Crippen LogP contribution in [0.1, 0.15) is 23.7 Å². The summed E-state index contributed by atoms with van der Waals surface area (Å²) >= 11 is 3.55. The van der Waals surface area contributed by atoms with Gasteiger partial charge in [-0.2, -0.15) is 11.8 Å². The van der Waals surface area contributed by atoms with Crippen LogP contribution in [0.2, 0.25) is 0 Å². The molecule has 1 unspecified atom stereocenters. The van der Waals surface area contributed by atoms with E-state index in [0.29, 0.717) is 11.8 Å². The molecule has 1 heterocycles. The molecule has 0 radical (unpaired) electrons. The Morgan fingerprint density at radius 1 is 1.53 bits per heavy atom. The van der Waals surface area contributed by atoms with Gasteiger partial charge in [0.1, 0.15) is 5.01 Å². The van der Waals surface area contributed by atoms with E-state index in [0.717, 1.165) is 24.1 Å². The molecule has 0 aliphatic carbocycles. The molecule has 0 aliphatic heterocycles. The summed E-state index contributed by atoms with van der Waals surface area (Å²) in [6.07, 6.45) is 4.01. The number of nitrogens with zero attached hydrogens (tertiary/aromatic N) is 2. The van der Waals surface area contributed by atoms with E-state index in [4.69, 9.17) is 0 Å². The van der Waals surface area contributed by atoms with Crippen LogP contribution < -0.4 is 10.6 Å². The normalized spacial score (nSPS) is 12.7. The van der Waals surface area contributed by atoms with Crippen LogP contribution in [0.5, 0.6) is 0 Å². The van der Waals surface area contributed by atoms with Crippen molar-refractivity contribution < 1.29 is 0 Å². The van der Waals surface area contributed by atoms with Crippen LogP contribution in [0.3, 0.4) is 0 Å². The van der Waals surface area contributed by atoms with Crippen LogP contribution in [0.4, 0.5) is 0 Å². The number of thiazole rings is 1. The van der Waals surface area contributed by atoms with Gasteiger partial charge in [-0.05, 0) is 20.1 Å². The van der Waals surface area contributed by atoms with E-state index in [9.17, 15) is 0 Å². The molecular weight excluding hydrogens is 391 g/mol. The van der Waals surface area contributed by atoms with E-state index < -0.39 is 0 Å². The molecule has 7 heteroatoms. The highest BCUT2D eigenvalue weighted by atomic mass is 127. The molecular formula is C12H23IN4S2. The predicted molar refractivity (Wildman–Crippen MR) is 98.1 cm³/mol. The molecule has 1 rings (SSSR count). The van der Waals surface area contributed by atoms with Crippen molar-refractivity contribution in [3.63, 3.8) is 0 Å². The van der Waals surface area contributed by atoms with E-state index in [2.05, 4.69) is 47.6 Å². The second-order valence-electron chi connectivity index (χ2n) is 3.99. The molecule has 19 heavy (non-hydrogen) atoms. The number of nitrogens with one attached hydrogen (secondary N) is 2. The molecule has 0 amide bonds. The maximum Gasteiger partial charge on any atom is 0.191 e. The van der Waals surface area contributed by atoms with Crippen LogP contribution in [-0.2, 0) is 6.54 Å². The van der Waals surface area contributed by atoms with E-state index in [1.807, 2.05) is 18.0 Å². The zero-order chi connectivity index (χ0) is 13.4. The fourth-order valence-corrected chi connectivity index (χ4v) is 2.25. The van der Waals surface area contributed by atoms with Gasteiger partial charge in [0.25, 0.3) is 0 Å². The Morgan fingerprint density at radius 3 is 2.79 bits per heavy atom. The lowest BCUT2D eigenvalue weighted by Gasteiger charge is -2.13. The van der Waals surface area contributed by atoms with E-state index in [1.54, 1.807) is 11.3 Å². The second kappa shape index (κ2) is 10.7. The monoisotopic (exact) mass is 414 g/mol. The molecule has 1 atom stereocenters. The van der Waals surface area contributed by atoms with E-state index in [-0.39, 0.29) is 24.0 Å². The quantitative estimate of drug-likeness (QED) is 0.427. The summed E-state index contributed by atoms with van der Waals surface area (Å²) < 4.78 is 0. The molecule has 0 spiro atoms. The first-order valence-corrected chi connectivity index (χ1v) is 8.22. The third kappa shape index (κ3) is 7.98. The fourth-order valence-electron chi connectivity index (χ4n) is 1.29. The number of hydrogen-bond donors (Lipinski definition) is 2. The Kier molecular flexibility index (Phi) is 10.7. The molecule has 110 valence electrons. The van der Waals surface area contributed by atoms with Crippen molar-refractivity contribution >= 4 is 53.0 Å². The van der Waals surface area contributed by atoms with Crippen LogP contribution >= 0.6 is 47.1 Å². The number of aromatic nitrogens is 1. The topological polar surface area (TPSA) is 49.3 Å². The summed E-state index contributed by atoms with van der Waals surface area (Å²) in [6.45, 7) is 8.77. The van der Waals surface area contributed by atoms with Gasteiger partial charge in [-0.25, -0.2) is 9.98 Å². The van der Waals surface area contributed by atoms with Crippen molar-refractivity contribution in [2.45, 2.75) is 32.6 Å². The zero-order valence-electron chi connectivity index (χ0n) is 11.9. The summed E-state index contributed by atoms with van der Waals surface area (Å²) in [6, 6.07) is 0.